The first kappa shape index (κ1) is 18.8. The van der Waals surface area contributed by atoms with Crippen LogP contribution in [0.2, 0.25) is 5.02 Å². The van der Waals surface area contributed by atoms with E-state index in [1.807, 2.05) is 36.6 Å². The molecule has 2 aromatic heterocycles. The number of hydrogen-bond donors (Lipinski definition) is 0. The van der Waals surface area contributed by atoms with E-state index in [-0.39, 0.29) is 17.6 Å². The third-order valence-electron chi connectivity index (χ3n) is 4.14. The lowest BCUT2D eigenvalue weighted by molar-refractivity contribution is 0.0986. The number of carbonyl (C=O) groups is 1. The van der Waals surface area contributed by atoms with E-state index in [4.69, 9.17) is 16.1 Å². The molecule has 0 spiro atoms. The SMILES string of the molecule is Cc1c(CC(=O)c2csc(Cc3ccc(Cl)cc3)n2)noc1C(C)(C)C. The molecule has 0 amide bonds. The molecule has 3 aromatic rings. The third kappa shape index (κ3) is 4.22. The molecule has 0 unspecified atom stereocenters. The Morgan fingerprint density at radius 3 is 2.54 bits per heavy atom. The summed E-state index contributed by atoms with van der Waals surface area (Å²) in [4.78, 5) is 17.1. The molecule has 4 nitrogen and oxygen atoms in total. The highest BCUT2D eigenvalue weighted by atomic mass is 35.5. The molecule has 136 valence electrons. The first-order valence-corrected chi connectivity index (χ1v) is 9.67. The Morgan fingerprint density at radius 1 is 1.23 bits per heavy atom. The number of halogens is 1. The number of benzene rings is 1. The topological polar surface area (TPSA) is 56.0 Å². The molecule has 0 atom stereocenters. The first-order chi connectivity index (χ1) is 12.2. The molecule has 0 aliphatic carbocycles. The van der Waals surface area contributed by atoms with E-state index in [1.54, 1.807) is 0 Å². The molecule has 6 heteroatoms. The maximum atomic E-state index is 12.6. The van der Waals surface area contributed by atoms with Crippen LogP contribution < -0.4 is 0 Å². The smallest absolute Gasteiger partial charge is 0.188 e. The lowest BCUT2D eigenvalue weighted by Gasteiger charge is -2.14. The summed E-state index contributed by atoms with van der Waals surface area (Å²) in [6.45, 7) is 8.15. The van der Waals surface area contributed by atoms with Crippen molar-refractivity contribution in [3.8, 4) is 0 Å². The highest BCUT2D eigenvalue weighted by Gasteiger charge is 2.25. The molecule has 2 heterocycles. The number of carbonyl (C=O) groups excluding carboxylic acids is 1. The summed E-state index contributed by atoms with van der Waals surface area (Å²) in [5.41, 5.74) is 3.10. The van der Waals surface area contributed by atoms with Gasteiger partial charge in [0.15, 0.2) is 5.78 Å². The summed E-state index contributed by atoms with van der Waals surface area (Å²) in [5.74, 6) is 0.780. The van der Waals surface area contributed by atoms with E-state index in [2.05, 4.69) is 30.9 Å². The Bertz CT molecular complexity index is 920. The van der Waals surface area contributed by atoms with Crippen molar-refractivity contribution >= 4 is 28.7 Å². The number of rotatable bonds is 5. The molecule has 0 saturated heterocycles. The molecule has 0 fully saturated rings. The van der Waals surface area contributed by atoms with Crippen LogP contribution in [0.15, 0.2) is 34.2 Å². The number of Topliss-reactive ketones (excluding diaryl/α,β-unsaturated/α-hetero) is 1. The zero-order chi connectivity index (χ0) is 18.9. The fraction of sp³-hybridized carbons (Fsp3) is 0.350. The predicted octanol–water partition coefficient (Wildman–Crippen LogP) is 5.41. The highest BCUT2D eigenvalue weighted by molar-refractivity contribution is 7.09. The Labute approximate surface area is 162 Å². The molecule has 1 aromatic carbocycles. The maximum absolute atomic E-state index is 12.6. The van der Waals surface area contributed by atoms with Crippen LogP contribution in [-0.4, -0.2) is 15.9 Å². The van der Waals surface area contributed by atoms with Crippen LogP contribution in [0.4, 0.5) is 0 Å². The Hall–Kier alpha value is -1.98. The minimum absolute atomic E-state index is 0.0412. The third-order valence-corrected chi connectivity index (χ3v) is 5.24. The normalized spacial score (nSPS) is 11.7. The monoisotopic (exact) mass is 388 g/mol. The number of ketones is 1. The van der Waals surface area contributed by atoms with Gasteiger partial charge in [-0.25, -0.2) is 4.98 Å². The van der Waals surface area contributed by atoms with Gasteiger partial charge in [-0.05, 0) is 24.6 Å². The van der Waals surface area contributed by atoms with Gasteiger partial charge in [0, 0.05) is 27.8 Å². The van der Waals surface area contributed by atoms with Crippen molar-refractivity contribution in [3.63, 3.8) is 0 Å². The predicted molar refractivity (Wildman–Crippen MR) is 104 cm³/mol. The minimum Gasteiger partial charge on any atom is -0.360 e. The Morgan fingerprint density at radius 2 is 1.92 bits per heavy atom. The van der Waals surface area contributed by atoms with Crippen molar-refractivity contribution in [1.82, 2.24) is 10.1 Å². The quantitative estimate of drug-likeness (QED) is 0.548. The molecule has 3 rings (SSSR count). The first-order valence-electron chi connectivity index (χ1n) is 8.41. The van der Waals surface area contributed by atoms with Gasteiger partial charge in [-0.2, -0.15) is 0 Å². The lowest BCUT2D eigenvalue weighted by Crippen LogP contribution is -2.12. The van der Waals surface area contributed by atoms with Crippen molar-refractivity contribution in [3.05, 3.63) is 68.0 Å². The molecule has 0 bridgehead atoms. The van der Waals surface area contributed by atoms with Crippen LogP contribution in [0.25, 0.3) is 0 Å². The summed E-state index contributed by atoms with van der Waals surface area (Å²) < 4.78 is 5.46. The summed E-state index contributed by atoms with van der Waals surface area (Å²) in [6.07, 6.45) is 0.891. The van der Waals surface area contributed by atoms with Crippen molar-refractivity contribution in [2.24, 2.45) is 0 Å². The van der Waals surface area contributed by atoms with E-state index in [0.717, 1.165) is 21.9 Å². The van der Waals surface area contributed by atoms with Crippen LogP contribution in [0.5, 0.6) is 0 Å². The van der Waals surface area contributed by atoms with Gasteiger partial charge in [-0.15, -0.1) is 11.3 Å². The minimum atomic E-state index is -0.134. The van der Waals surface area contributed by atoms with Crippen LogP contribution in [0.1, 0.15) is 58.8 Å². The summed E-state index contributed by atoms with van der Waals surface area (Å²) in [5, 5.41) is 7.53. The molecule has 26 heavy (non-hydrogen) atoms. The summed E-state index contributed by atoms with van der Waals surface area (Å²) >= 11 is 7.40. The lowest BCUT2D eigenvalue weighted by atomic mass is 9.89. The molecular formula is C20H21ClN2O2S. The van der Waals surface area contributed by atoms with Gasteiger partial charge in [0.2, 0.25) is 0 Å². The van der Waals surface area contributed by atoms with Gasteiger partial charge in [-0.1, -0.05) is 49.7 Å². The zero-order valence-corrected chi connectivity index (χ0v) is 16.9. The average Bonchev–Trinajstić information content (AvgIpc) is 3.17. The second-order valence-electron chi connectivity index (χ2n) is 7.36. The second-order valence-corrected chi connectivity index (χ2v) is 8.74. The van der Waals surface area contributed by atoms with E-state index in [1.165, 1.54) is 11.3 Å². The van der Waals surface area contributed by atoms with Crippen LogP contribution >= 0.6 is 22.9 Å². The van der Waals surface area contributed by atoms with Crippen molar-refractivity contribution in [2.75, 3.05) is 0 Å². The van der Waals surface area contributed by atoms with Crippen molar-refractivity contribution in [1.29, 1.82) is 0 Å². The van der Waals surface area contributed by atoms with Gasteiger partial charge in [0.25, 0.3) is 0 Å². The van der Waals surface area contributed by atoms with Gasteiger partial charge >= 0.3 is 0 Å². The molecule has 0 saturated carbocycles. The standard InChI is InChI=1S/C20H21ClN2O2S/c1-12-15(23-25-19(12)20(2,3)4)10-17(24)16-11-26-18(22-16)9-13-5-7-14(21)8-6-13/h5-8,11H,9-10H2,1-4H3. The fourth-order valence-electron chi connectivity index (χ4n) is 2.77. The number of nitrogens with zero attached hydrogens (tertiary/aromatic N) is 2. The number of hydrogen-bond acceptors (Lipinski definition) is 5. The van der Waals surface area contributed by atoms with Crippen LogP contribution in [-0.2, 0) is 18.3 Å². The molecule has 0 radical (unpaired) electrons. The number of aromatic nitrogens is 2. The van der Waals surface area contributed by atoms with Crippen molar-refractivity contribution in [2.45, 2.75) is 46.0 Å². The second kappa shape index (κ2) is 7.33. The Balaban J connectivity index is 1.70. The van der Waals surface area contributed by atoms with Crippen LogP contribution in [0, 0.1) is 6.92 Å². The highest BCUT2D eigenvalue weighted by Crippen LogP contribution is 2.28. The maximum Gasteiger partial charge on any atom is 0.188 e. The van der Waals surface area contributed by atoms with Gasteiger partial charge in [-0.3, -0.25) is 4.79 Å². The molecule has 0 N–H and O–H groups in total. The van der Waals surface area contributed by atoms with E-state index in [0.29, 0.717) is 22.8 Å². The molecule has 0 aliphatic heterocycles. The van der Waals surface area contributed by atoms with Gasteiger partial charge < -0.3 is 4.52 Å². The van der Waals surface area contributed by atoms with Crippen LogP contribution in [0.3, 0.4) is 0 Å². The summed E-state index contributed by atoms with van der Waals surface area (Å²) in [6, 6.07) is 7.66. The largest absolute Gasteiger partial charge is 0.360 e. The van der Waals surface area contributed by atoms with E-state index >= 15 is 0 Å². The summed E-state index contributed by atoms with van der Waals surface area (Å²) in [7, 11) is 0. The Kier molecular flexibility index (Phi) is 5.30. The zero-order valence-electron chi connectivity index (χ0n) is 15.3. The molecule has 0 aliphatic rings. The van der Waals surface area contributed by atoms with Crippen molar-refractivity contribution < 1.29 is 9.32 Å². The average molecular weight is 389 g/mol. The van der Waals surface area contributed by atoms with E-state index in [9.17, 15) is 4.79 Å². The van der Waals surface area contributed by atoms with Gasteiger partial charge in [0.05, 0.1) is 17.1 Å². The fourth-order valence-corrected chi connectivity index (χ4v) is 3.73. The van der Waals surface area contributed by atoms with E-state index < -0.39 is 0 Å². The molecular weight excluding hydrogens is 368 g/mol. The number of thiazole rings is 1. The van der Waals surface area contributed by atoms with Gasteiger partial charge in [0.1, 0.15) is 11.5 Å².